The van der Waals surface area contributed by atoms with E-state index in [9.17, 15) is 0 Å². The van der Waals surface area contributed by atoms with Gasteiger partial charge >= 0.3 is 0 Å². The average Bonchev–Trinajstić information content (AvgIpc) is 2.01. The van der Waals surface area contributed by atoms with Crippen molar-refractivity contribution in [3.63, 3.8) is 0 Å². The van der Waals surface area contributed by atoms with Gasteiger partial charge in [0, 0.05) is 6.42 Å². The molecule has 0 atom stereocenters. The predicted octanol–water partition coefficient (Wildman–Crippen LogP) is 1.86. The lowest BCUT2D eigenvalue weighted by Crippen LogP contribution is -2.29. The van der Waals surface area contributed by atoms with Crippen LogP contribution in [0.1, 0.15) is 33.1 Å². The minimum absolute atomic E-state index is 0.0430. The van der Waals surface area contributed by atoms with Gasteiger partial charge < -0.3 is 10.4 Å². The first-order chi connectivity index (χ1) is 5.57. The minimum Gasteiger partial charge on any atom is -0.411 e. The molecule has 0 unspecified atom stereocenters. The SMILES string of the molecule is CC1(C)C/C(=N/O)C/C(=N/O)C1. The monoisotopic (exact) mass is 170 g/mol. The summed E-state index contributed by atoms with van der Waals surface area (Å²) in [6, 6.07) is 0. The topological polar surface area (TPSA) is 65.2 Å². The van der Waals surface area contributed by atoms with E-state index >= 15 is 0 Å². The highest BCUT2D eigenvalue weighted by Crippen LogP contribution is 2.32. The molecule has 12 heavy (non-hydrogen) atoms. The van der Waals surface area contributed by atoms with Crippen molar-refractivity contribution in [1.82, 2.24) is 0 Å². The number of nitrogens with zero attached hydrogens (tertiary/aromatic N) is 2. The van der Waals surface area contributed by atoms with Crippen LogP contribution >= 0.6 is 0 Å². The molecule has 2 N–H and O–H groups in total. The van der Waals surface area contributed by atoms with E-state index < -0.39 is 0 Å². The van der Waals surface area contributed by atoms with E-state index in [0.717, 1.165) is 12.8 Å². The Morgan fingerprint density at radius 3 is 1.83 bits per heavy atom. The molecule has 1 aliphatic rings. The average molecular weight is 170 g/mol. The van der Waals surface area contributed by atoms with Gasteiger partial charge in [0.05, 0.1) is 11.4 Å². The molecule has 1 aliphatic carbocycles. The molecule has 0 amide bonds. The predicted molar refractivity (Wildman–Crippen MR) is 46.1 cm³/mol. The molecule has 0 spiro atoms. The fraction of sp³-hybridized carbons (Fsp3) is 0.750. The maximum absolute atomic E-state index is 8.59. The lowest BCUT2D eigenvalue weighted by molar-refractivity contribution is 0.296. The van der Waals surface area contributed by atoms with E-state index in [1.54, 1.807) is 0 Å². The second-order valence-corrected chi connectivity index (χ2v) is 4.03. The Morgan fingerprint density at radius 1 is 1.08 bits per heavy atom. The van der Waals surface area contributed by atoms with Crippen molar-refractivity contribution in [1.29, 1.82) is 0 Å². The molecule has 0 aliphatic heterocycles. The van der Waals surface area contributed by atoms with Crippen LogP contribution < -0.4 is 0 Å². The Morgan fingerprint density at radius 2 is 1.50 bits per heavy atom. The highest BCUT2D eigenvalue weighted by Gasteiger charge is 2.29. The van der Waals surface area contributed by atoms with Crippen molar-refractivity contribution in [2.75, 3.05) is 0 Å². The zero-order valence-electron chi connectivity index (χ0n) is 7.41. The van der Waals surface area contributed by atoms with Crippen LogP contribution in [0.25, 0.3) is 0 Å². The van der Waals surface area contributed by atoms with Crippen LogP contribution in [0.4, 0.5) is 0 Å². The van der Waals surface area contributed by atoms with Crippen LogP contribution in [-0.2, 0) is 0 Å². The van der Waals surface area contributed by atoms with Gasteiger partial charge in [0.25, 0.3) is 0 Å². The third kappa shape index (κ3) is 1.96. The summed E-state index contributed by atoms with van der Waals surface area (Å²) in [5.74, 6) is 0. The first-order valence-corrected chi connectivity index (χ1v) is 3.97. The fourth-order valence-electron chi connectivity index (χ4n) is 1.67. The Balaban J connectivity index is 2.80. The molecule has 0 aromatic rings. The summed E-state index contributed by atoms with van der Waals surface area (Å²) in [7, 11) is 0. The number of oxime groups is 2. The van der Waals surface area contributed by atoms with Crippen LogP contribution in [0.2, 0.25) is 0 Å². The standard InChI is InChI=1S/C8H14N2O2/c1-8(2)4-6(9-11)3-7(5-8)10-12/h11-12H,3-5H2,1-2H3/b9-6-,10-7+. The van der Waals surface area contributed by atoms with Gasteiger partial charge in [-0.05, 0) is 18.3 Å². The number of hydrogen-bond acceptors (Lipinski definition) is 4. The Bertz CT molecular complexity index is 209. The molecule has 0 bridgehead atoms. The quantitative estimate of drug-likeness (QED) is 0.430. The second kappa shape index (κ2) is 3.13. The summed E-state index contributed by atoms with van der Waals surface area (Å²) in [6.07, 6.45) is 2.03. The lowest BCUT2D eigenvalue weighted by atomic mass is 9.75. The Hall–Kier alpha value is -1.06. The highest BCUT2D eigenvalue weighted by molar-refractivity contribution is 6.06. The number of rotatable bonds is 0. The zero-order chi connectivity index (χ0) is 9.19. The Labute approximate surface area is 71.6 Å². The lowest BCUT2D eigenvalue weighted by Gasteiger charge is -2.29. The van der Waals surface area contributed by atoms with Crippen molar-refractivity contribution in [2.24, 2.45) is 15.7 Å². The Kier molecular flexibility index (Phi) is 2.35. The molecule has 0 heterocycles. The molecule has 0 aromatic carbocycles. The van der Waals surface area contributed by atoms with Gasteiger partial charge in [-0.3, -0.25) is 0 Å². The summed E-state index contributed by atoms with van der Waals surface area (Å²) in [6.45, 7) is 4.12. The van der Waals surface area contributed by atoms with Gasteiger partial charge in [0.1, 0.15) is 0 Å². The van der Waals surface area contributed by atoms with Crippen molar-refractivity contribution in [2.45, 2.75) is 33.1 Å². The third-order valence-electron chi connectivity index (χ3n) is 2.06. The van der Waals surface area contributed by atoms with Gasteiger partial charge in [0.2, 0.25) is 0 Å². The molecule has 4 nitrogen and oxygen atoms in total. The van der Waals surface area contributed by atoms with E-state index in [0.29, 0.717) is 17.8 Å². The van der Waals surface area contributed by atoms with Crippen LogP contribution in [0, 0.1) is 5.41 Å². The summed E-state index contributed by atoms with van der Waals surface area (Å²) in [4.78, 5) is 0. The first kappa shape index (κ1) is 9.03. The van der Waals surface area contributed by atoms with E-state index in [2.05, 4.69) is 24.2 Å². The highest BCUT2D eigenvalue weighted by atomic mass is 16.4. The fourth-order valence-corrected chi connectivity index (χ4v) is 1.67. The molecular weight excluding hydrogens is 156 g/mol. The van der Waals surface area contributed by atoms with E-state index in [1.807, 2.05) is 0 Å². The molecule has 0 saturated heterocycles. The maximum atomic E-state index is 8.59. The van der Waals surface area contributed by atoms with Gasteiger partial charge in [-0.25, -0.2) is 0 Å². The molecule has 68 valence electrons. The summed E-state index contributed by atoms with van der Waals surface area (Å²) >= 11 is 0. The summed E-state index contributed by atoms with van der Waals surface area (Å²) < 4.78 is 0. The van der Waals surface area contributed by atoms with Crippen LogP contribution in [0.3, 0.4) is 0 Å². The molecule has 1 fully saturated rings. The third-order valence-corrected chi connectivity index (χ3v) is 2.06. The summed E-state index contributed by atoms with van der Waals surface area (Å²) in [5.41, 5.74) is 1.43. The molecule has 1 saturated carbocycles. The van der Waals surface area contributed by atoms with Crippen LogP contribution in [-0.4, -0.2) is 21.8 Å². The maximum Gasteiger partial charge on any atom is 0.0633 e. The van der Waals surface area contributed by atoms with Gasteiger partial charge in [-0.2, -0.15) is 0 Å². The van der Waals surface area contributed by atoms with Crippen molar-refractivity contribution in [3.05, 3.63) is 0 Å². The molecule has 0 radical (unpaired) electrons. The van der Waals surface area contributed by atoms with Crippen LogP contribution in [0.15, 0.2) is 10.3 Å². The van der Waals surface area contributed by atoms with Crippen LogP contribution in [0.5, 0.6) is 0 Å². The zero-order valence-corrected chi connectivity index (χ0v) is 7.41. The van der Waals surface area contributed by atoms with Crippen molar-refractivity contribution in [3.8, 4) is 0 Å². The molecular formula is C8H14N2O2. The van der Waals surface area contributed by atoms with Gasteiger partial charge in [0.15, 0.2) is 0 Å². The first-order valence-electron chi connectivity index (χ1n) is 3.97. The molecule has 0 aromatic heterocycles. The summed E-state index contributed by atoms with van der Waals surface area (Å²) in [5, 5.41) is 23.5. The molecule has 4 heteroatoms. The van der Waals surface area contributed by atoms with Crippen molar-refractivity contribution < 1.29 is 10.4 Å². The van der Waals surface area contributed by atoms with Gasteiger partial charge in [-0.15, -0.1) is 0 Å². The largest absolute Gasteiger partial charge is 0.411 e. The number of hydrogen-bond donors (Lipinski definition) is 2. The van der Waals surface area contributed by atoms with Crippen molar-refractivity contribution >= 4 is 11.4 Å². The molecule has 1 rings (SSSR count). The normalized spacial score (nSPS) is 29.5. The second-order valence-electron chi connectivity index (χ2n) is 4.03. The van der Waals surface area contributed by atoms with E-state index in [1.165, 1.54) is 0 Å². The minimum atomic E-state index is 0.0430. The van der Waals surface area contributed by atoms with E-state index in [4.69, 9.17) is 10.4 Å². The van der Waals surface area contributed by atoms with E-state index in [-0.39, 0.29) is 5.41 Å². The smallest absolute Gasteiger partial charge is 0.0633 e. The van der Waals surface area contributed by atoms with Gasteiger partial charge in [-0.1, -0.05) is 24.2 Å².